The molecule has 162 valence electrons. The van der Waals surface area contributed by atoms with E-state index in [-0.39, 0.29) is 11.8 Å². The third-order valence-electron chi connectivity index (χ3n) is 6.40. The lowest BCUT2D eigenvalue weighted by Crippen LogP contribution is -2.52. The summed E-state index contributed by atoms with van der Waals surface area (Å²) in [5.74, 6) is 0.947. The zero-order valence-electron chi connectivity index (χ0n) is 18.2. The number of benzene rings is 2. The van der Waals surface area contributed by atoms with Crippen LogP contribution in [-0.4, -0.2) is 43.0 Å². The molecule has 4 rings (SSSR count). The fraction of sp³-hybridized carbons (Fsp3) is 0.538. The first-order valence-electron chi connectivity index (χ1n) is 11.5. The van der Waals surface area contributed by atoms with Crippen LogP contribution in [0.25, 0.3) is 0 Å². The smallest absolute Gasteiger partial charge is 0.122 e. The fourth-order valence-corrected chi connectivity index (χ4v) is 4.47. The minimum atomic E-state index is -0.182. The van der Waals surface area contributed by atoms with Gasteiger partial charge in [-0.15, -0.1) is 0 Å². The van der Waals surface area contributed by atoms with Gasteiger partial charge in [-0.1, -0.05) is 42.5 Å². The molecule has 0 spiro atoms. The van der Waals surface area contributed by atoms with Gasteiger partial charge in [0.05, 0.1) is 13.2 Å². The molecule has 0 aliphatic carbocycles. The fourth-order valence-electron chi connectivity index (χ4n) is 4.47. The topological polar surface area (TPSA) is 30.9 Å². The molecule has 2 saturated heterocycles. The molecule has 2 atom stereocenters. The number of ether oxygens (including phenoxy) is 3. The molecule has 0 amide bonds. The standard InChI is InChI=1S/C26H35NO3/c1-26(29-20-23-8-3-2-4-9-23)16-5-6-17-27(26)18-15-22-11-13-24(14-12-22)30-25-10-7-19-28-21-25/h2-4,8-9,11-14,25H,5-7,10,15-21H2,1H3. The molecule has 2 aromatic carbocycles. The summed E-state index contributed by atoms with van der Waals surface area (Å²) >= 11 is 0. The van der Waals surface area contributed by atoms with E-state index in [1.807, 2.05) is 0 Å². The molecule has 2 aromatic rings. The lowest BCUT2D eigenvalue weighted by Gasteiger charge is -2.44. The number of piperidine rings is 1. The minimum absolute atomic E-state index is 0.182. The number of hydrogen-bond donors (Lipinski definition) is 0. The second kappa shape index (κ2) is 10.4. The van der Waals surface area contributed by atoms with Crippen LogP contribution < -0.4 is 4.74 Å². The zero-order valence-corrected chi connectivity index (χ0v) is 18.2. The van der Waals surface area contributed by atoms with Crippen molar-refractivity contribution in [2.45, 2.75) is 63.9 Å². The lowest BCUT2D eigenvalue weighted by molar-refractivity contribution is -0.170. The van der Waals surface area contributed by atoms with E-state index in [2.05, 4.69) is 66.4 Å². The van der Waals surface area contributed by atoms with Crippen molar-refractivity contribution in [3.63, 3.8) is 0 Å². The van der Waals surface area contributed by atoms with Gasteiger partial charge in [0.1, 0.15) is 17.6 Å². The van der Waals surface area contributed by atoms with Crippen molar-refractivity contribution in [1.82, 2.24) is 4.90 Å². The highest BCUT2D eigenvalue weighted by Gasteiger charge is 2.34. The van der Waals surface area contributed by atoms with Crippen LogP contribution in [0.4, 0.5) is 0 Å². The Labute approximate surface area is 181 Å². The summed E-state index contributed by atoms with van der Waals surface area (Å²) < 4.78 is 18.0. The molecule has 4 nitrogen and oxygen atoms in total. The van der Waals surface area contributed by atoms with Crippen molar-refractivity contribution < 1.29 is 14.2 Å². The number of likely N-dealkylation sites (tertiary alicyclic amines) is 1. The Balaban J connectivity index is 1.29. The SMILES string of the molecule is CC1(OCc2ccccc2)CCCCN1CCc1ccc(OC2CCCOC2)cc1. The van der Waals surface area contributed by atoms with Gasteiger partial charge in [0, 0.05) is 19.7 Å². The van der Waals surface area contributed by atoms with Crippen LogP contribution in [0, 0.1) is 0 Å². The average molecular weight is 410 g/mol. The van der Waals surface area contributed by atoms with Gasteiger partial charge in [0.2, 0.25) is 0 Å². The Hall–Kier alpha value is -1.88. The molecule has 0 aromatic heterocycles. The van der Waals surface area contributed by atoms with Crippen molar-refractivity contribution in [2.24, 2.45) is 0 Å². The Morgan fingerprint density at radius 1 is 1.00 bits per heavy atom. The van der Waals surface area contributed by atoms with E-state index in [0.29, 0.717) is 13.2 Å². The average Bonchev–Trinajstić information content (AvgIpc) is 2.80. The summed E-state index contributed by atoms with van der Waals surface area (Å²) in [6.07, 6.45) is 6.97. The van der Waals surface area contributed by atoms with Crippen molar-refractivity contribution in [2.75, 3.05) is 26.3 Å². The van der Waals surface area contributed by atoms with E-state index < -0.39 is 0 Å². The number of hydrogen-bond acceptors (Lipinski definition) is 4. The third-order valence-corrected chi connectivity index (χ3v) is 6.40. The second-order valence-electron chi connectivity index (χ2n) is 8.74. The van der Waals surface area contributed by atoms with Crippen LogP contribution in [0.3, 0.4) is 0 Å². The van der Waals surface area contributed by atoms with Gasteiger partial charge < -0.3 is 14.2 Å². The Kier molecular flexibility index (Phi) is 7.42. The summed E-state index contributed by atoms with van der Waals surface area (Å²) in [4.78, 5) is 2.53. The molecule has 2 aliphatic heterocycles. The second-order valence-corrected chi connectivity index (χ2v) is 8.74. The molecule has 0 radical (unpaired) electrons. The molecule has 2 unspecified atom stereocenters. The first-order chi connectivity index (χ1) is 14.7. The van der Waals surface area contributed by atoms with Crippen LogP contribution in [0.1, 0.15) is 50.2 Å². The van der Waals surface area contributed by atoms with Gasteiger partial charge in [0.15, 0.2) is 0 Å². The quantitative estimate of drug-likeness (QED) is 0.599. The van der Waals surface area contributed by atoms with Crippen molar-refractivity contribution >= 4 is 0 Å². The van der Waals surface area contributed by atoms with Crippen LogP contribution in [0.2, 0.25) is 0 Å². The van der Waals surface area contributed by atoms with E-state index >= 15 is 0 Å². The van der Waals surface area contributed by atoms with Crippen LogP contribution in [0.5, 0.6) is 5.75 Å². The van der Waals surface area contributed by atoms with Gasteiger partial charge >= 0.3 is 0 Å². The van der Waals surface area contributed by atoms with E-state index in [9.17, 15) is 0 Å². The van der Waals surface area contributed by atoms with Gasteiger partial charge in [-0.3, -0.25) is 4.90 Å². The molecule has 2 heterocycles. The molecule has 0 bridgehead atoms. The maximum absolute atomic E-state index is 6.46. The van der Waals surface area contributed by atoms with Crippen LogP contribution >= 0.6 is 0 Å². The van der Waals surface area contributed by atoms with Gasteiger partial charge in [-0.2, -0.15) is 0 Å². The molecule has 2 fully saturated rings. The molecule has 0 N–H and O–H groups in total. The molecule has 4 heteroatoms. The summed E-state index contributed by atoms with van der Waals surface area (Å²) in [5.41, 5.74) is 2.40. The number of nitrogens with zero attached hydrogens (tertiary/aromatic N) is 1. The maximum Gasteiger partial charge on any atom is 0.122 e. The molecule has 0 saturated carbocycles. The first-order valence-corrected chi connectivity index (χ1v) is 11.5. The van der Waals surface area contributed by atoms with Gasteiger partial charge in [0.25, 0.3) is 0 Å². The van der Waals surface area contributed by atoms with E-state index in [4.69, 9.17) is 14.2 Å². The first kappa shape index (κ1) is 21.4. The maximum atomic E-state index is 6.46. The monoisotopic (exact) mass is 409 g/mol. The van der Waals surface area contributed by atoms with Crippen molar-refractivity contribution in [3.8, 4) is 5.75 Å². The van der Waals surface area contributed by atoms with Gasteiger partial charge in [-0.05, 0) is 68.7 Å². The summed E-state index contributed by atoms with van der Waals surface area (Å²) in [6, 6.07) is 19.1. The van der Waals surface area contributed by atoms with Gasteiger partial charge in [-0.25, -0.2) is 0 Å². The lowest BCUT2D eigenvalue weighted by atomic mass is 9.98. The van der Waals surface area contributed by atoms with Crippen LogP contribution in [0.15, 0.2) is 54.6 Å². The predicted octanol–water partition coefficient (Wildman–Crippen LogP) is 5.21. The molecule has 2 aliphatic rings. The Morgan fingerprint density at radius 3 is 2.60 bits per heavy atom. The Morgan fingerprint density at radius 2 is 1.83 bits per heavy atom. The third kappa shape index (κ3) is 5.84. The van der Waals surface area contributed by atoms with Crippen molar-refractivity contribution in [3.05, 3.63) is 65.7 Å². The van der Waals surface area contributed by atoms with E-state index in [1.165, 1.54) is 24.0 Å². The van der Waals surface area contributed by atoms with E-state index in [0.717, 1.165) is 51.1 Å². The highest BCUT2D eigenvalue weighted by Crippen LogP contribution is 2.30. The summed E-state index contributed by atoms with van der Waals surface area (Å²) in [6.45, 7) is 6.63. The highest BCUT2D eigenvalue weighted by atomic mass is 16.5. The number of rotatable bonds is 8. The summed E-state index contributed by atoms with van der Waals surface area (Å²) in [7, 11) is 0. The van der Waals surface area contributed by atoms with Crippen molar-refractivity contribution in [1.29, 1.82) is 0 Å². The predicted molar refractivity (Wildman–Crippen MR) is 120 cm³/mol. The highest BCUT2D eigenvalue weighted by molar-refractivity contribution is 5.27. The molecule has 30 heavy (non-hydrogen) atoms. The zero-order chi connectivity index (χ0) is 20.7. The minimum Gasteiger partial charge on any atom is -0.488 e. The van der Waals surface area contributed by atoms with E-state index in [1.54, 1.807) is 0 Å². The molecular weight excluding hydrogens is 374 g/mol. The van der Waals surface area contributed by atoms with Crippen LogP contribution in [-0.2, 0) is 22.5 Å². The largest absolute Gasteiger partial charge is 0.488 e. The molecular formula is C26H35NO3. The summed E-state index contributed by atoms with van der Waals surface area (Å²) in [5, 5.41) is 0. The normalized spacial score (nSPS) is 25.2. The Bertz CT molecular complexity index is 758.